The van der Waals surface area contributed by atoms with Crippen molar-refractivity contribution >= 4 is 0 Å². The fraction of sp³-hybridized carbons (Fsp3) is 0.571. The Morgan fingerprint density at radius 3 is 2.53 bits per heavy atom. The van der Waals surface area contributed by atoms with E-state index in [1.807, 2.05) is 30.3 Å². The van der Waals surface area contributed by atoms with Crippen LogP contribution in [0.15, 0.2) is 30.3 Å². The van der Waals surface area contributed by atoms with Gasteiger partial charge in [0.25, 0.3) is 0 Å². The molecular formula is C14H20O5. The molecule has 1 aliphatic rings. The lowest BCUT2D eigenvalue weighted by molar-refractivity contribution is -0.275. The molecule has 0 unspecified atom stereocenters. The van der Waals surface area contributed by atoms with Gasteiger partial charge in [-0.2, -0.15) is 0 Å². The van der Waals surface area contributed by atoms with E-state index < -0.39 is 12.4 Å². The van der Waals surface area contributed by atoms with Crippen LogP contribution in [0.1, 0.15) is 5.56 Å². The molecule has 1 aromatic rings. The van der Waals surface area contributed by atoms with E-state index >= 15 is 0 Å². The Bertz CT molecular complexity index is 369. The van der Waals surface area contributed by atoms with E-state index in [1.165, 1.54) is 0 Å². The summed E-state index contributed by atoms with van der Waals surface area (Å²) in [7, 11) is 3.17. The lowest BCUT2D eigenvalue weighted by Crippen LogP contribution is -2.55. The first-order chi connectivity index (χ1) is 9.26. The lowest BCUT2D eigenvalue weighted by Gasteiger charge is -2.38. The summed E-state index contributed by atoms with van der Waals surface area (Å²) in [5, 5.41) is 9.88. The molecule has 2 rings (SSSR count). The smallest absolute Gasteiger partial charge is 0.183 e. The normalized spacial score (nSPS) is 31.3. The molecule has 1 saturated heterocycles. The molecule has 1 aromatic carbocycles. The molecule has 0 aromatic heterocycles. The van der Waals surface area contributed by atoms with Crippen molar-refractivity contribution in [3.63, 3.8) is 0 Å². The van der Waals surface area contributed by atoms with Crippen molar-refractivity contribution < 1.29 is 24.1 Å². The van der Waals surface area contributed by atoms with Crippen LogP contribution in [0.3, 0.4) is 0 Å². The fourth-order valence-electron chi connectivity index (χ4n) is 2.19. The highest BCUT2D eigenvalue weighted by atomic mass is 16.7. The molecule has 0 amide bonds. The summed E-state index contributed by atoms with van der Waals surface area (Å²) in [5.41, 5.74) is 1.03. The second-order valence-corrected chi connectivity index (χ2v) is 4.46. The summed E-state index contributed by atoms with van der Waals surface area (Å²) in [6.07, 6.45) is -2.16. The molecule has 4 atom stereocenters. The topological polar surface area (TPSA) is 57.2 Å². The van der Waals surface area contributed by atoms with Gasteiger partial charge in [-0.25, -0.2) is 0 Å². The van der Waals surface area contributed by atoms with E-state index in [9.17, 15) is 5.11 Å². The van der Waals surface area contributed by atoms with Gasteiger partial charge in [0.1, 0.15) is 18.3 Å². The Morgan fingerprint density at radius 1 is 1.16 bits per heavy atom. The summed E-state index contributed by atoms with van der Waals surface area (Å²) in [6.45, 7) is 0.684. The summed E-state index contributed by atoms with van der Waals surface area (Å²) >= 11 is 0. The Labute approximate surface area is 113 Å². The van der Waals surface area contributed by atoms with Crippen molar-refractivity contribution in [1.82, 2.24) is 0 Å². The number of benzene rings is 1. The SMILES string of the molecule is CO[C@@H]1[C@@H](OCc2ccccc2)[C@@H](O)OC[C@H]1OC. The molecule has 1 fully saturated rings. The second-order valence-electron chi connectivity index (χ2n) is 4.46. The zero-order valence-electron chi connectivity index (χ0n) is 11.2. The molecule has 0 radical (unpaired) electrons. The van der Waals surface area contributed by atoms with Gasteiger partial charge in [0.05, 0.1) is 13.2 Å². The molecule has 106 valence electrons. The van der Waals surface area contributed by atoms with Crippen LogP contribution in [0, 0.1) is 0 Å². The molecule has 0 aliphatic carbocycles. The quantitative estimate of drug-likeness (QED) is 0.861. The zero-order chi connectivity index (χ0) is 13.7. The molecule has 19 heavy (non-hydrogen) atoms. The van der Waals surface area contributed by atoms with E-state index in [0.717, 1.165) is 5.56 Å². The Hall–Kier alpha value is -0.980. The maximum Gasteiger partial charge on any atom is 0.183 e. The number of methoxy groups -OCH3 is 2. The first kappa shape index (κ1) is 14.4. The highest BCUT2D eigenvalue weighted by molar-refractivity contribution is 5.13. The third kappa shape index (κ3) is 3.52. The third-order valence-corrected chi connectivity index (χ3v) is 3.26. The van der Waals surface area contributed by atoms with Crippen molar-refractivity contribution in [3.8, 4) is 0 Å². The molecule has 1 aliphatic heterocycles. The van der Waals surface area contributed by atoms with Crippen molar-refractivity contribution in [3.05, 3.63) is 35.9 Å². The van der Waals surface area contributed by atoms with Gasteiger partial charge in [0.15, 0.2) is 6.29 Å². The summed E-state index contributed by atoms with van der Waals surface area (Å²) in [6, 6.07) is 9.76. The average molecular weight is 268 g/mol. The van der Waals surface area contributed by atoms with E-state index in [2.05, 4.69) is 0 Å². The van der Waals surface area contributed by atoms with Gasteiger partial charge in [0, 0.05) is 14.2 Å². The minimum absolute atomic E-state index is 0.242. The maximum absolute atomic E-state index is 9.88. The van der Waals surface area contributed by atoms with Gasteiger partial charge >= 0.3 is 0 Å². The molecule has 5 nitrogen and oxygen atoms in total. The fourth-order valence-corrected chi connectivity index (χ4v) is 2.19. The van der Waals surface area contributed by atoms with Gasteiger partial charge in [-0.15, -0.1) is 0 Å². The first-order valence-electron chi connectivity index (χ1n) is 6.27. The van der Waals surface area contributed by atoms with Gasteiger partial charge < -0.3 is 24.1 Å². The van der Waals surface area contributed by atoms with Gasteiger partial charge in [-0.05, 0) is 5.56 Å². The summed E-state index contributed by atoms with van der Waals surface area (Å²) in [4.78, 5) is 0. The summed E-state index contributed by atoms with van der Waals surface area (Å²) in [5.74, 6) is 0. The van der Waals surface area contributed by atoms with Crippen LogP contribution >= 0.6 is 0 Å². The Balaban J connectivity index is 1.99. The molecular weight excluding hydrogens is 248 g/mol. The minimum Gasteiger partial charge on any atom is -0.376 e. The molecule has 1 N–H and O–H groups in total. The average Bonchev–Trinajstić information content (AvgIpc) is 2.46. The van der Waals surface area contributed by atoms with Gasteiger partial charge in [0.2, 0.25) is 0 Å². The highest BCUT2D eigenvalue weighted by Gasteiger charge is 2.41. The van der Waals surface area contributed by atoms with Crippen molar-refractivity contribution in [2.24, 2.45) is 0 Å². The number of aliphatic hydroxyl groups is 1. The van der Waals surface area contributed by atoms with Crippen LogP contribution in [0.5, 0.6) is 0 Å². The summed E-state index contributed by atoms with van der Waals surface area (Å²) < 4.78 is 21.6. The minimum atomic E-state index is -1.000. The van der Waals surface area contributed by atoms with E-state index in [1.54, 1.807) is 14.2 Å². The van der Waals surface area contributed by atoms with Crippen LogP contribution in [0.4, 0.5) is 0 Å². The number of hydrogen-bond acceptors (Lipinski definition) is 5. The van der Waals surface area contributed by atoms with Crippen molar-refractivity contribution in [2.75, 3.05) is 20.8 Å². The standard InChI is InChI=1S/C14H20O5/c1-16-11-9-19-14(15)13(12(11)17-2)18-8-10-6-4-3-5-7-10/h3-7,11-15H,8-9H2,1-2H3/t11-,12+,13-,14+/m1/s1. The van der Waals surface area contributed by atoms with Crippen molar-refractivity contribution in [2.45, 2.75) is 31.2 Å². The van der Waals surface area contributed by atoms with Gasteiger partial charge in [-0.1, -0.05) is 30.3 Å². The van der Waals surface area contributed by atoms with Crippen LogP contribution in [-0.2, 0) is 25.6 Å². The largest absolute Gasteiger partial charge is 0.376 e. The Morgan fingerprint density at radius 2 is 1.89 bits per heavy atom. The van der Waals surface area contributed by atoms with Crippen molar-refractivity contribution in [1.29, 1.82) is 0 Å². The first-order valence-corrected chi connectivity index (χ1v) is 6.27. The molecule has 0 bridgehead atoms. The van der Waals surface area contributed by atoms with Crippen LogP contribution < -0.4 is 0 Å². The monoisotopic (exact) mass is 268 g/mol. The number of ether oxygens (including phenoxy) is 4. The van der Waals surface area contributed by atoms with Crippen LogP contribution in [0.25, 0.3) is 0 Å². The van der Waals surface area contributed by atoms with Crippen LogP contribution in [0.2, 0.25) is 0 Å². The van der Waals surface area contributed by atoms with E-state index in [4.69, 9.17) is 18.9 Å². The highest BCUT2D eigenvalue weighted by Crippen LogP contribution is 2.22. The molecule has 0 spiro atoms. The number of hydrogen-bond donors (Lipinski definition) is 1. The predicted octanol–water partition coefficient (Wildman–Crippen LogP) is 0.950. The van der Waals surface area contributed by atoms with E-state index in [-0.39, 0.29) is 12.2 Å². The maximum atomic E-state index is 9.88. The predicted molar refractivity (Wildman–Crippen MR) is 68.6 cm³/mol. The second kappa shape index (κ2) is 6.98. The third-order valence-electron chi connectivity index (χ3n) is 3.26. The molecule has 1 heterocycles. The molecule has 5 heteroatoms. The number of aliphatic hydroxyl groups excluding tert-OH is 1. The zero-order valence-corrected chi connectivity index (χ0v) is 11.2. The van der Waals surface area contributed by atoms with Gasteiger partial charge in [-0.3, -0.25) is 0 Å². The van der Waals surface area contributed by atoms with Crippen LogP contribution in [-0.4, -0.2) is 50.5 Å². The van der Waals surface area contributed by atoms with E-state index in [0.29, 0.717) is 13.2 Å². The number of rotatable bonds is 5. The Kier molecular flexibility index (Phi) is 5.30. The lowest BCUT2D eigenvalue weighted by atomic mass is 10.0. The molecule has 0 saturated carbocycles.